The first-order chi connectivity index (χ1) is 9.13. The summed E-state index contributed by atoms with van der Waals surface area (Å²) in [6, 6.07) is 0. The predicted molar refractivity (Wildman–Crippen MR) is 81.1 cm³/mol. The van der Waals surface area contributed by atoms with Gasteiger partial charge in [0, 0.05) is 33.0 Å². The summed E-state index contributed by atoms with van der Waals surface area (Å²) in [5.41, 5.74) is 5.51. The molecule has 0 spiro atoms. The zero-order chi connectivity index (χ0) is 14.1. The molecule has 1 fully saturated rings. The molecule has 0 aromatic carbocycles. The van der Waals surface area contributed by atoms with Gasteiger partial charge >= 0.3 is 0 Å². The van der Waals surface area contributed by atoms with Crippen LogP contribution in [0.15, 0.2) is 0 Å². The van der Waals surface area contributed by atoms with Crippen LogP contribution in [0.4, 0.5) is 0 Å². The molecule has 0 aromatic rings. The molecule has 1 aliphatic rings. The van der Waals surface area contributed by atoms with Crippen LogP contribution in [0.5, 0.6) is 0 Å². The summed E-state index contributed by atoms with van der Waals surface area (Å²) < 4.78 is 5.05. The van der Waals surface area contributed by atoms with Gasteiger partial charge in [0.15, 0.2) is 0 Å². The number of methoxy groups -OCH3 is 1. The predicted octanol–water partition coefficient (Wildman–Crippen LogP) is 2.11. The molecule has 0 unspecified atom stereocenters. The minimum absolute atomic E-state index is 0.209. The zero-order valence-corrected chi connectivity index (χ0v) is 12.7. The number of ether oxygens (including phenoxy) is 1. The second-order valence-electron chi connectivity index (χ2n) is 5.28. The van der Waals surface area contributed by atoms with Crippen LogP contribution >= 0.6 is 12.2 Å². The first kappa shape index (κ1) is 16.4. The molecule has 110 valence electrons. The number of nitrogens with zero attached hydrogens (tertiary/aromatic N) is 1. The van der Waals surface area contributed by atoms with E-state index in [-0.39, 0.29) is 5.91 Å². The van der Waals surface area contributed by atoms with Gasteiger partial charge in [-0.1, -0.05) is 37.9 Å². The topological polar surface area (TPSA) is 55.6 Å². The van der Waals surface area contributed by atoms with E-state index in [0.717, 1.165) is 12.3 Å². The number of rotatable bonds is 9. The van der Waals surface area contributed by atoms with Gasteiger partial charge in [0.1, 0.15) is 0 Å². The molecule has 0 radical (unpaired) electrons. The normalized spacial score (nSPS) is 15.6. The highest BCUT2D eigenvalue weighted by Crippen LogP contribution is 2.28. The van der Waals surface area contributed by atoms with Crippen molar-refractivity contribution in [2.45, 2.75) is 44.9 Å². The zero-order valence-electron chi connectivity index (χ0n) is 11.9. The van der Waals surface area contributed by atoms with Crippen LogP contribution in [0.3, 0.4) is 0 Å². The van der Waals surface area contributed by atoms with Gasteiger partial charge in [0.05, 0.1) is 11.6 Å². The lowest BCUT2D eigenvalue weighted by Gasteiger charge is -2.23. The molecule has 0 atom stereocenters. The molecule has 0 heterocycles. The number of hydrogen-bond donors (Lipinski definition) is 1. The van der Waals surface area contributed by atoms with E-state index in [4.69, 9.17) is 22.7 Å². The standard InChI is InChI=1S/C14H26N2O2S/c1-18-11-10-16(9-8-13(15)19)14(17)7-6-12-4-2-3-5-12/h12H,2-11H2,1H3,(H2,15,19). The minimum atomic E-state index is 0.209. The molecule has 0 aliphatic heterocycles. The lowest BCUT2D eigenvalue weighted by Crippen LogP contribution is -2.36. The van der Waals surface area contributed by atoms with Gasteiger partial charge in [-0.3, -0.25) is 4.79 Å². The van der Waals surface area contributed by atoms with Crippen LogP contribution in [0.2, 0.25) is 0 Å². The molecular formula is C14H26N2O2S. The van der Waals surface area contributed by atoms with E-state index >= 15 is 0 Å². The maximum absolute atomic E-state index is 12.2. The largest absolute Gasteiger partial charge is 0.393 e. The van der Waals surface area contributed by atoms with Crippen LogP contribution in [0.1, 0.15) is 44.9 Å². The first-order valence-corrected chi connectivity index (χ1v) is 7.59. The Labute approximate surface area is 121 Å². The van der Waals surface area contributed by atoms with Gasteiger partial charge in [-0.2, -0.15) is 0 Å². The van der Waals surface area contributed by atoms with Crippen molar-refractivity contribution < 1.29 is 9.53 Å². The van der Waals surface area contributed by atoms with Crippen molar-refractivity contribution >= 4 is 23.1 Å². The van der Waals surface area contributed by atoms with E-state index in [1.54, 1.807) is 7.11 Å². The summed E-state index contributed by atoms with van der Waals surface area (Å²) in [6.45, 7) is 1.80. The van der Waals surface area contributed by atoms with E-state index in [2.05, 4.69) is 0 Å². The number of carbonyl (C=O) groups is 1. The SMILES string of the molecule is COCCN(CCC(N)=S)C(=O)CCC1CCCC1. The van der Waals surface area contributed by atoms with Gasteiger partial charge in [-0.25, -0.2) is 0 Å². The van der Waals surface area contributed by atoms with Crippen molar-refractivity contribution in [3.05, 3.63) is 0 Å². The first-order valence-electron chi connectivity index (χ1n) is 7.18. The minimum Gasteiger partial charge on any atom is -0.393 e. The fourth-order valence-corrected chi connectivity index (χ4v) is 2.68. The summed E-state index contributed by atoms with van der Waals surface area (Å²) in [6.07, 6.45) is 7.49. The molecule has 4 nitrogen and oxygen atoms in total. The van der Waals surface area contributed by atoms with E-state index in [1.165, 1.54) is 25.7 Å². The molecule has 0 bridgehead atoms. The Bertz CT molecular complexity index is 291. The maximum atomic E-state index is 12.2. The average molecular weight is 286 g/mol. The molecule has 0 saturated heterocycles. The molecule has 5 heteroatoms. The fourth-order valence-electron chi connectivity index (χ4n) is 2.59. The van der Waals surface area contributed by atoms with Gasteiger partial charge in [-0.05, 0) is 12.3 Å². The summed E-state index contributed by atoms with van der Waals surface area (Å²) in [7, 11) is 1.65. The third-order valence-corrected chi connectivity index (χ3v) is 3.99. The van der Waals surface area contributed by atoms with Crippen molar-refractivity contribution in [2.24, 2.45) is 11.7 Å². The van der Waals surface area contributed by atoms with Crippen molar-refractivity contribution in [1.82, 2.24) is 4.90 Å². The van der Waals surface area contributed by atoms with Crippen molar-refractivity contribution in [3.8, 4) is 0 Å². The number of nitrogens with two attached hydrogens (primary N) is 1. The van der Waals surface area contributed by atoms with Crippen LogP contribution in [0.25, 0.3) is 0 Å². The van der Waals surface area contributed by atoms with Gasteiger partial charge < -0.3 is 15.4 Å². The van der Waals surface area contributed by atoms with Crippen LogP contribution in [0, 0.1) is 5.92 Å². The highest BCUT2D eigenvalue weighted by atomic mass is 32.1. The number of thiocarbonyl (C=S) groups is 1. The van der Waals surface area contributed by atoms with Crippen LogP contribution in [-0.2, 0) is 9.53 Å². The summed E-state index contributed by atoms with van der Waals surface area (Å²) in [4.78, 5) is 14.5. The Morgan fingerprint density at radius 2 is 2.00 bits per heavy atom. The molecule has 1 amide bonds. The van der Waals surface area contributed by atoms with Gasteiger partial charge in [0.2, 0.25) is 5.91 Å². The van der Waals surface area contributed by atoms with Gasteiger partial charge in [0.25, 0.3) is 0 Å². The van der Waals surface area contributed by atoms with Crippen molar-refractivity contribution in [2.75, 3.05) is 26.8 Å². The van der Waals surface area contributed by atoms with Crippen molar-refractivity contribution in [3.63, 3.8) is 0 Å². The number of carbonyl (C=O) groups excluding carboxylic acids is 1. The Kier molecular flexibility index (Phi) is 7.98. The smallest absolute Gasteiger partial charge is 0.222 e. The van der Waals surface area contributed by atoms with Crippen molar-refractivity contribution in [1.29, 1.82) is 0 Å². The quantitative estimate of drug-likeness (QED) is 0.660. The van der Waals surface area contributed by atoms with E-state index in [0.29, 0.717) is 37.5 Å². The third-order valence-electron chi connectivity index (χ3n) is 3.79. The highest BCUT2D eigenvalue weighted by molar-refractivity contribution is 7.80. The molecule has 1 aliphatic carbocycles. The second-order valence-corrected chi connectivity index (χ2v) is 5.80. The fraction of sp³-hybridized carbons (Fsp3) is 0.857. The summed E-state index contributed by atoms with van der Waals surface area (Å²) in [5, 5.41) is 0. The van der Waals surface area contributed by atoms with Crippen LogP contribution < -0.4 is 5.73 Å². The molecule has 1 saturated carbocycles. The van der Waals surface area contributed by atoms with E-state index in [9.17, 15) is 4.79 Å². The third kappa shape index (κ3) is 6.87. The Morgan fingerprint density at radius 1 is 1.32 bits per heavy atom. The maximum Gasteiger partial charge on any atom is 0.222 e. The Balaban J connectivity index is 2.33. The average Bonchev–Trinajstić information content (AvgIpc) is 2.89. The molecule has 19 heavy (non-hydrogen) atoms. The van der Waals surface area contributed by atoms with E-state index in [1.807, 2.05) is 4.90 Å². The summed E-state index contributed by atoms with van der Waals surface area (Å²) in [5.74, 6) is 0.962. The molecule has 1 rings (SSSR count). The molecule has 2 N–H and O–H groups in total. The Morgan fingerprint density at radius 3 is 2.58 bits per heavy atom. The Hall–Kier alpha value is -0.680. The number of amides is 1. The van der Waals surface area contributed by atoms with Gasteiger partial charge in [-0.15, -0.1) is 0 Å². The van der Waals surface area contributed by atoms with Crippen LogP contribution in [-0.4, -0.2) is 42.6 Å². The number of hydrogen-bond acceptors (Lipinski definition) is 3. The monoisotopic (exact) mass is 286 g/mol. The second kappa shape index (κ2) is 9.26. The lowest BCUT2D eigenvalue weighted by molar-refractivity contribution is -0.132. The highest BCUT2D eigenvalue weighted by Gasteiger charge is 2.19. The van der Waals surface area contributed by atoms with E-state index < -0.39 is 0 Å². The molecule has 0 aromatic heterocycles. The lowest BCUT2D eigenvalue weighted by atomic mass is 10.0. The summed E-state index contributed by atoms with van der Waals surface area (Å²) >= 11 is 4.87. The molecular weight excluding hydrogens is 260 g/mol.